The Morgan fingerprint density at radius 3 is 2.80 bits per heavy atom. The molecule has 6 heteroatoms. The second-order valence-electron chi connectivity index (χ2n) is 3.40. The number of guanidine groups is 1. The molecule has 1 fully saturated rings. The quantitative estimate of drug-likeness (QED) is 0.171. The van der Waals surface area contributed by atoms with Crippen molar-refractivity contribution >= 4 is 5.96 Å². The molecule has 0 aromatic heterocycles. The molecule has 0 radical (unpaired) electrons. The molecule has 0 aromatic carbocycles. The lowest BCUT2D eigenvalue weighted by molar-refractivity contribution is 0.0748. The number of methoxy groups -OCH3 is 1. The van der Waals surface area contributed by atoms with Crippen molar-refractivity contribution in [2.24, 2.45) is 10.8 Å². The molecule has 0 atom stereocenters. The van der Waals surface area contributed by atoms with E-state index in [1.807, 2.05) is 0 Å². The number of rotatable bonds is 7. The summed E-state index contributed by atoms with van der Waals surface area (Å²) in [7, 11) is 1.65. The van der Waals surface area contributed by atoms with Crippen LogP contribution in [0.25, 0.3) is 0 Å². The fraction of sp³-hybridized carbons (Fsp3) is 0.889. The van der Waals surface area contributed by atoms with Gasteiger partial charge in [-0.2, -0.15) is 0 Å². The van der Waals surface area contributed by atoms with E-state index in [9.17, 15) is 0 Å². The van der Waals surface area contributed by atoms with Gasteiger partial charge in [0.15, 0.2) is 0 Å². The average molecular weight is 216 g/mol. The SMILES string of the molecule is COCCOCCN=C(NN)NC1CC1. The minimum Gasteiger partial charge on any atom is -0.382 e. The van der Waals surface area contributed by atoms with Gasteiger partial charge >= 0.3 is 0 Å². The van der Waals surface area contributed by atoms with Gasteiger partial charge in [0, 0.05) is 13.2 Å². The van der Waals surface area contributed by atoms with Crippen LogP contribution in [-0.2, 0) is 9.47 Å². The van der Waals surface area contributed by atoms with Crippen LogP contribution in [0.2, 0.25) is 0 Å². The monoisotopic (exact) mass is 216 g/mol. The zero-order valence-corrected chi connectivity index (χ0v) is 9.16. The Morgan fingerprint density at radius 2 is 2.20 bits per heavy atom. The molecule has 1 rings (SSSR count). The van der Waals surface area contributed by atoms with Gasteiger partial charge in [-0.15, -0.1) is 0 Å². The first kappa shape index (κ1) is 12.2. The molecule has 0 saturated heterocycles. The van der Waals surface area contributed by atoms with Gasteiger partial charge in [0.05, 0.1) is 26.4 Å². The maximum Gasteiger partial charge on any atom is 0.206 e. The predicted octanol–water partition coefficient (Wildman–Crippen LogP) is -0.779. The van der Waals surface area contributed by atoms with Crippen LogP contribution in [0.5, 0.6) is 0 Å². The summed E-state index contributed by atoms with van der Waals surface area (Å²) in [4.78, 5) is 4.22. The highest BCUT2D eigenvalue weighted by Gasteiger charge is 2.21. The maximum absolute atomic E-state index is 5.31. The Morgan fingerprint density at radius 1 is 1.40 bits per heavy atom. The van der Waals surface area contributed by atoms with Crippen molar-refractivity contribution in [1.29, 1.82) is 0 Å². The summed E-state index contributed by atoms with van der Waals surface area (Å²) in [5.74, 6) is 5.95. The first-order chi connectivity index (χ1) is 7.36. The summed E-state index contributed by atoms with van der Waals surface area (Å²) in [6, 6.07) is 0.550. The minimum atomic E-state index is 0.550. The molecule has 0 aliphatic heterocycles. The Balaban J connectivity index is 2.00. The van der Waals surface area contributed by atoms with Gasteiger partial charge in [0.1, 0.15) is 0 Å². The van der Waals surface area contributed by atoms with Gasteiger partial charge in [-0.25, -0.2) is 10.8 Å². The molecule has 88 valence electrons. The number of nitrogens with one attached hydrogen (secondary N) is 2. The zero-order valence-electron chi connectivity index (χ0n) is 9.16. The highest BCUT2D eigenvalue weighted by atomic mass is 16.5. The van der Waals surface area contributed by atoms with Gasteiger partial charge in [0.2, 0.25) is 5.96 Å². The Hall–Kier alpha value is -0.850. The lowest BCUT2D eigenvalue weighted by atomic mass is 10.6. The molecular weight excluding hydrogens is 196 g/mol. The highest BCUT2D eigenvalue weighted by molar-refractivity contribution is 5.79. The van der Waals surface area contributed by atoms with Gasteiger partial charge in [0.25, 0.3) is 0 Å². The molecule has 0 aromatic rings. The molecule has 0 amide bonds. The van der Waals surface area contributed by atoms with Crippen LogP contribution in [0.3, 0.4) is 0 Å². The zero-order chi connectivity index (χ0) is 10.9. The average Bonchev–Trinajstić information content (AvgIpc) is 3.05. The van der Waals surface area contributed by atoms with E-state index >= 15 is 0 Å². The summed E-state index contributed by atoms with van der Waals surface area (Å²) >= 11 is 0. The second kappa shape index (κ2) is 7.44. The van der Waals surface area contributed by atoms with Crippen molar-refractivity contribution in [3.05, 3.63) is 0 Å². The van der Waals surface area contributed by atoms with Gasteiger partial charge in [-0.3, -0.25) is 5.43 Å². The molecule has 4 N–H and O–H groups in total. The van der Waals surface area contributed by atoms with Crippen LogP contribution in [0, 0.1) is 0 Å². The van der Waals surface area contributed by atoms with Gasteiger partial charge < -0.3 is 14.8 Å². The van der Waals surface area contributed by atoms with Crippen LogP contribution in [0.4, 0.5) is 0 Å². The van der Waals surface area contributed by atoms with Crippen LogP contribution < -0.4 is 16.6 Å². The number of ether oxygens (including phenoxy) is 2. The van der Waals surface area contributed by atoms with Crippen molar-refractivity contribution < 1.29 is 9.47 Å². The number of hydrogen-bond donors (Lipinski definition) is 3. The molecule has 0 spiro atoms. The second-order valence-corrected chi connectivity index (χ2v) is 3.40. The lowest BCUT2D eigenvalue weighted by Crippen LogP contribution is -2.42. The van der Waals surface area contributed by atoms with Crippen molar-refractivity contribution in [1.82, 2.24) is 10.7 Å². The van der Waals surface area contributed by atoms with Gasteiger partial charge in [-0.1, -0.05) is 0 Å². The van der Waals surface area contributed by atoms with E-state index in [2.05, 4.69) is 15.7 Å². The lowest BCUT2D eigenvalue weighted by Gasteiger charge is -2.07. The predicted molar refractivity (Wildman–Crippen MR) is 58.5 cm³/mol. The van der Waals surface area contributed by atoms with Crippen LogP contribution in [0.1, 0.15) is 12.8 Å². The molecule has 1 aliphatic carbocycles. The maximum atomic E-state index is 5.31. The molecule has 0 bridgehead atoms. The molecule has 0 unspecified atom stereocenters. The molecule has 0 heterocycles. The van der Waals surface area contributed by atoms with E-state index in [0.717, 1.165) is 0 Å². The van der Waals surface area contributed by atoms with E-state index in [1.54, 1.807) is 7.11 Å². The Bertz CT molecular complexity index is 195. The van der Waals surface area contributed by atoms with Crippen molar-refractivity contribution in [3.8, 4) is 0 Å². The smallest absolute Gasteiger partial charge is 0.206 e. The summed E-state index contributed by atoms with van der Waals surface area (Å²) in [6.45, 7) is 2.41. The highest BCUT2D eigenvalue weighted by Crippen LogP contribution is 2.18. The van der Waals surface area contributed by atoms with Crippen molar-refractivity contribution in [3.63, 3.8) is 0 Å². The van der Waals surface area contributed by atoms with Crippen molar-refractivity contribution in [2.45, 2.75) is 18.9 Å². The Labute approximate surface area is 90.2 Å². The molecule has 1 saturated carbocycles. The number of nitrogens with two attached hydrogens (primary N) is 1. The van der Waals surface area contributed by atoms with Crippen LogP contribution >= 0.6 is 0 Å². The summed E-state index contributed by atoms with van der Waals surface area (Å²) in [5, 5.41) is 3.18. The van der Waals surface area contributed by atoms with E-state index < -0.39 is 0 Å². The van der Waals surface area contributed by atoms with Crippen molar-refractivity contribution in [2.75, 3.05) is 33.5 Å². The van der Waals surface area contributed by atoms with E-state index in [1.165, 1.54) is 12.8 Å². The third kappa shape index (κ3) is 6.27. The number of nitrogens with zero attached hydrogens (tertiary/aromatic N) is 1. The number of hydrogen-bond acceptors (Lipinski definition) is 4. The van der Waals surface area contributed by atoms with E-state index in [0.29, 0.717) is 38.4 Å². The summed E-state index contributed by atoms with van der Waals surface area (Å²) in [6.07, 6.45) is 2.40. The largest absolute Gasteiger partial charge is 0.382 e. The third-order valence-electron chi connectivity index (χ3n) is 1.99. The first-order valence-corrected chi connectivity index (χ1v) is 5.21. The van der Waals surface area contributed by atoms with E-state index in [-0.39, 0.29) is 0 Å². The number of aliphatic imine (C=N–C) groups is 1. The fourth-order valence-corrected chi connectivity index (χ4v) is 1.02. The summed E-state index contributed by atoms with van der Waals surface area (Å²) in [5.41, 5.74) is 2.53. The van der Waals surface area contributed by atoms with Gasteiger partial charge in [-0.05, 0) is 12.8 Å². The Kier molecular flexibility index (Phi) is 6.06. The third-order valence-corrected chi connectivity index (χ3v) is 1.99. The molecule has 1 aliphatic rings. The first-order valence-electron chi connectivity index (χ1n) is 5.21. The van der Waals surface area contributed by atoms with E-state index in [4.69, 9.17) is 15.3 Å². The fourth-order valence-electron chi connectivity index (χ4n) is 1.02. The van der Waals surface area contributed by atoms with Crippen LogP contribution in [0.15, 0.2) is 4.99 Å². The van der Waals surface area contributed by atoms with Crippen LogP contribution in [-0.4, -0.2) is 45.5 Å². The summed E-state index contributed by atoms with van der Waals surface area (Å²) < 4.78 is 10.1. The normalized spacial score (nSPS) is 16.5. The minimum absolute atomic E-state index is 0.550. The molecule has 15 heavy (non-hydrogen) atoms. The molecular formula is C9H20N4O2. The molecule has 6 nitrogen and oxygen atoms in total. The standard InChI is InChI=1S/C9H20N4O2/c1-14-6-7-15-5-4-11-9(13-10)12-8-2-3-8/h8H,2-7,10H2,1H3,(H2,11,12,13). The number of hydrazine groups is 1. The topological polar surface area (TPSA) is 80.9 Å².